The van der Waals surface area contributed by atoms with E-state index in [-0.39, 0.29) is 0 Å². The Morgan fingerprint density at radius 1 is 1.12 bits per heavy atom. The summed E-state index contributed by atoms with van der Waals surface area (Å²) in [5, 5.41) is 0. The molecule has 2 aromatic carbocycles. The summed E-state index contributed by atoms with van der Waals surface area (Å²) in [6.07, 6.45) is 6.24. The van der Waals surface area contributed by atoms with Crippen molar-refractivity contribution in [3.63, 3.8) is 0 Å². The zero-order valence-electron chi connectivity index (χ0n) is 25.3. The number of methoxy groups -OCH3 is 1. The number of nitrogens with two attached hydrogens (primary N) is 1. The number of ether oxygens (including phenoxy) is 2. The fourth-order valence-corrected chi connectivity index (χ4v) is 5.37. The Kier molecular flexibility index (Phi) is 11.5. The lowest BCUT2D eigenvalue weighted by molar-refractivity contribution is 0.313. The lowest BCUT2D eigenvalue weighted by Gasteiger charge is -2.34. The molecule has 0 amide bonds. The number of hydrogen-bond donors (Lipinski definition) is 2. The summed E-state index contributed by atoms with van der Waals surface area (Å²) < 4.78 is 15.3. The number of aliphatic imine (C=N–C) groups is 1. The first-order valence-corrected chi connectivity index (χ1v) is 15.3. The standard InChI is InChI=1S/C32H43N7O2S/c1-23(2)8-6-10-28-27(9-7-11-30(28)40-5)29-20-31(36-32(35-29)37-42-26(21-33)22-34-3)41-25-14-12-24(13-15-25)39-18-16-38(4)17-19-39/h7,9,11-15,20-23H,6,8,10,16-19,33H2,1-5H3,(H,35,36,37). The third kappa shape index (κ3) is 8.62. The lowest BCUT2D eigenvalue weighted by atomic mass is 9.96. The smallest absolute Gasteiger partial charge is 0.237 e. The van der Waals surface area contributed by atoms with E-state index in [0.717, 1.165) is 72.9 Å². The Bertz CT molecular complexity index is 1350. The summed E-state index contributed by atoms with van der Waals surface area (Å²) >= 11 is 1.29. The predicted molar refractivity (Wildman–Crippen MR) is 176 cm³/mol. The van der Waals surface area contributed by atoms with E-state index in [9.17, 15) is 0 Å². The normalized spacial score (nSPS) is 14.5. The highest BCUT2D eigenvalue weighted by Crippen LogP contribution is 2.35. The van der Waals surface area contributed by atoms with Gasteiger partial charge in [-0.25, -0.2) is 4.98 Å². The highest BCUT2D eigenvalue weighted by atomic mass is 32.2. The molecule has 3 aromatic rings. The summed E-state index contributed by atoms with van der Waals surface area (Å²) in [6.45, 7) is 8.65. The molecule has 1 saturated heterocycles. The van der Waals surface area contributed by atoms with Gasteiger partial charge in [0.1, 0.15) is 11.5 Å². The maximum Gasteiger partial charge on any atom is 0.237 e. The van der Waals surface area contributed by atoms with E-state index < -0.39 is 0 Å². The van der Waals surface area contributed by atoms with Crippen LogP contribution >= 0.6 is 11.9 Å². The first-order valence-electron chi connectivity index (χ1n) is 14.4. The second-order valence-corrected chi connectivity index (χ2v) is 11.6. The van der Waals surface area contributed by atoms with E-state index in [4.69, 9.17) is 20.2 Å². The summed E-state index contributed by atoms with van der Waals surface area (Å²) in [7, 11) is 5.58. The van der Waals surface area contributed by atoms with Crippen LogP contribution in [0.1, 0.15) is 32.3 Å². The van der Waals surface area contributed by atoms with Gasteiger partial charge in [0.05, 0.1) is 17.7 Å². The average molecular weight is 590 g/mol. The molecule has 0 radical (unpaired) electrons. The zero-order valence-corrected chi connectivity index (χ0v) is 26.2. The van der Waals surface area contributed by atoms with Crippen LogP contribution < -0.4 is 24.8 Å². The van der Waals surface area contributed by atoms with Crippen molar-refractivity contribution in [2.45, 2.75) is 33.1 Å². The van der Waals surface area contributed by atoms with Gasteiger partial charge in [-0.3, -0.25) is 9.71 Å². The Balaban J connectivity index is 1.65. The number of nitrogens with zero attached hydrogens (tertiary/aromatic N) is 5. The maximum atomic E-state index is 6.31. The van der Waals surface area contributed by atoms with Gasteiger partial charge >= 0.3 is 0 Å². The van der Waals surface area contributed by atoms with Crippen LogP contribution in [-0.4, -0.2) is 68.5 Å². The van der Waals surface area contributed by atoms with Crippen LogP contribution in [0.15, 0.2) is 64.6 Å². The number of rotatable bonds is 13. The van der Waals surface area contributed by atoms with Crippen LogP contribution in [0.3, 0.4) is 0 Å². The largest absolute Gasteiger partial charge is 0.496 e. The number of piperazine rings is 1. The molecule has 0 spiro atoms. The highest BCUT2D eigenvalue weighted by Gasteiger charge is 2.17. The van der Waals surface area contributed by atoms with Gasteiger partial charge in [-0.2, -0.15) is 4.98 Å². The molecule has 0 saturated carbocycles. The average Bonchev–Trinajstić information content (AvgIpc) is 3.00. The number of benzene rings is 2. The topological polar surface area (TPSA) is 101 Å². The van der Waals surface area contributed by atoms with Gasteiger partial charge in [0.2, 0.25) is 11.8 Å². The minimum Gasteiger partial charge on any atom is -0.496 e. The van der Waals surface area contributed by atoms with Crippen LogP contribution in [0.25, 0.3) is 11.3 Å². The Labute approximate surface area is 254 Å². The van der Waals surface area contributed by atoms with Crippen molar-refractivity contribution in [1.29, 1.82) is 0 Å². The van der Waals surface area contributed by atoms with Gasteiger partial charge in [0.15, 0.2) is 0 Å². The van der Waals surface area contributed by atoms with Gasteiger partial charge in [0, 0.05) is 68.5 Å². The van der Waals surface area contributed by atoms with E-state index in [0.29, 0.717) is 23.5 Å². The number of nitrogens with one attached hydrogen (secondary N) is 1. The van der Waals surface area contributed by atoms with Crippen molar-refractivity contribution >= 4 is 29.8 Å². The summed E-state index contributed by atoms with van der Waals surface area (Å²) in [5.41, 5.74) is 9.83. The van der Waals surface area contributed by atoms with Crippen molar-refractivity contribution in [1.82, 2.24) is 14.9 Å². The van der Waals surface area contributed by atoms with Crippen molar-refractivity contribution in [3.8, 4) is 28.6 Å². The molecule has 224 valence electrons. The van der Waals surface area contributed by atoms with E-state index in [1.54, 1.807) is 20.4 Å². The SMILES string of the molecule is CN=CC(=CN)SNc1nc(Oc2ccc(N3CCN(C)CC3)cc2)cc(-c2cccc(OC)c2CCCC(C)C)n1. The molecule has 2 heterocycles. The van der Waals surface area contributed by atoms with Gasteiger partial charge in [-0.05, 0) is 68.1 Å². The van der Waals surface area contributed by atoms with Crippen LogP contribution in [0.4, 0.5) is 11.6 Å². The third-order valence-corrected chi connectivity index (χ3v) is 7.91. The number of anilines is 2. The number of hydrogen-bond acceptors (Lipinski definition) is 10. The number of likely N-dealkylation sites (N-methyl/N-ethyl adjacent to an activating group) is 1. The van der Waals surface area contributed by atoms with Gasteiger partial charge in [-0.15, -0.1) is 0 Å². The van der Waals surface area contributed by atoms with E-state index in [1.807, 2.05) is 30.3 Å². The molecule has 0 unspecified atom stereocenters. The van der Waals surface area contributed by atoms with Crippen molar-refractivity contribution < 1.29 is 9.47 Å². The van der Waals surface area contributed by atoms with E-state index >= 15 is 0 Å². The van der Waals surface area contributed by atoms with Crippen molar-refractivity contribution in [3.05, 3.63) is 65.2 Å². The summed E-state index contributed by atoms with van der Waals surface area (Å²) in [6, 6.07) is 16.2. The minimum atomic E-state index is 0.404. The van der Waals surface area contributed by atoms with Crippen molar-refractivity contribution in [2.75, 3.05) is 57.0 Å². The van der Waals surface area contributed by atoms with Crippen LogP contribution in [0, 0.1) is 5.92 Å². The molecule has 4 rings (SSSR count). The third-order valence-electron chi connectivity index (χ3n) is 7.15. The first-order chi connectivity index (χ1) is 20.4. The van der Waals surface area contributed by atoms with Gasteiger partial charge in [0.25, 0.3) is 0 Å². The van der Waals surface area contributed by atoms with E-state index in [2.05, 4.69) is 63.6 Å². The molecule has 1 fully saturated rings. The summed E-state index contributed by atoms with van der Waals surface area (Å²) in [5.74, 6) is 3.04. The fraction of sp³-hybridized carbons (Fsp3) is 0.406. The van der Waals surface area contributed by atoms with Crippen molar-refractivity contribution in [2.24, 2.45) is 16.6 Å². The fourth-order valence-electron chi connectivity index (χ4n) is 4.85. The van der Waals surface area contributed by atoms with Crippen LogP contribution in [0.2, 0.25) is 0 Å². The Hall–Kier alpha value is -3.76. The first kappa shape index (κ1) is 31.2. The Morgan fingerprint density at radius 3 is 2.55 bits per heavy atom. The molecule has 0 aliphatic carbocycles. The number of allylic oxidation sites excluding steroid dienone is 1. The summed E-state index contributed by atoms with van der Waals surface area (Å²) in [4.78, 5) is 19.1. The molecule has 42 heavy (non-hydrogen) atoms. The molecule has 0 bridgehead atoms. The van der Waals surface area contributed by atoms with Gasteiger partial charge in [-0.1, -0.05) is 32.4 Å². The Morgan fingerprint density at radius 2 is 1.88 bits per heavy atom. The second kappa shape index (κ2) is 15.5. The molecule has 10 heteroatoms. The lowest BCUT2D eigenvalue weighted by Crippen LogP contribution is -2.44. The van der Waals surface area contributed by atoms with Gasteiger partial charge < -0.3 is 25.0 Å². The minimum absolute atomic E-state index is 0.404. The quantitative estimate of drug-likeness (QED) is 0.177. The highest BCUT2D eigenvalue weighted by molar-refractivity contribution is 8.05. The molecule has 3 N–H and O–H groups in total. The van der Waals surface area contributed by atoms with Crippen LogP contribution in [-0.2, 0) is 6.42 Å². The van der Waals surface area contributed by atoms with E-state index in [1.165, 1.54) is 23.8 Å². The number of aromatic nitrogens is 2. The monoisotopic (exact) mass is 589 g/mol. The molecule has 1 aliphatic heterocycles. The molecule has 0 atom stereocenters. The molecule has 1 aromatic heterocycles. The predicted octanol–water partition coefficient (Wildman–Crippen LogP) is 6.24. The molecule has 9 nitrogen and oxygen atoms in total. The van der Waals surface area contributed by atoms with Crippen LogP contribution in [0.5, 0.6) is 17.4 Å². The molecule has 1 aliphatic rings. The maximum absolute atomic E-state index is 6.31. The second-order valence-electron chi connectivity index (χ2n) is 10.7. The zero-order chi connectivity index (χ0) is 29.9. The molecular weight excluding hydrogens is 546 g/mol. The molecular formula is C32H43N7O2S.